The van der Waals surface area contributed by atoms with Gasteiger partial charge in [-0.05, 0) is 11.5 Å². The number of hydrogen-bond donors (Lipinski definition) is 1. The number of anilines is 1. The second kappa shape index (κ2) is 4.09. The number of nitrogens with one attached hydrogen (secondary N) is 1. The fraction of sp³-hybridized carbons (Fsp3) is 0.214. The second-order valence-corrected chi connectivity index (χ2v) is 4.28. The van der Waals surface area contributed by atoms with Crippen LogP contribution in [0.15, 0.2) is 47.5 Å². The van der Waals surface area contributed by atoms with E-state index in [0.29, 0.717) is 0 Å². The van der Waals surface area contributed by atoms with Crippen LogP contribution in [0.3, 0.4) is 0 Å². The summed E-state index contributed by atoms with van der Waals surface area (Å²) in [5, 5.41) is 5.89. The summed E-state index contributed by atoms with van der Waals surface area (Å²) in [6, 6.07) is 14.7. The molecule has 1 heterocycles. The van der Waals surface area contributed by atoms with Crippen LogP contribution in [0.4, 0.5) is 5.69 Å². The van der Waals surface area contributed by atoms with Crippen molar-refractivity contribution in [3.05, 3.63) is 42.5 Å². The standard InChI is InChI=1S/C14H15N3/c1-17-10-9-15-14(17)16-13-8-4-6-11-5-2-3-7-12(11)13/h2-8H,9-10H2,1H3,(H,15,16). The Kier molecular flexibility index (Phi) is 2.44. The molecule has 0 saturated carbocycles. The number of hydrogen-bond acceptors (Lipinski definition) is 3. The molecule has 3 nitrogen and oxygen atoms in total. The van der Waals surface area contributed by atoms with Gasteiger partial charge >= 0.3 is 0 Å². The molecule has 0 fully saturated rings. The molecule has 0 spiro atoms. The maximum atomic E-state index is 4.45. The minimum Gasteiger partial charge on any atom is -0.344 e. The summed E-state index contributed by atoms with van der Waals surface area (Å²) in [6.45, 7) is 1.87. The van der Waals surface area contributed by atoms with Crippen molar-refractivity contribution in [3.8, 4) is 0 Å². The van der Waals surface area contributed by atoms with Crippen molar-refractivity contribution >= 4 is 22.4 Å². The van der Waals surface area contributed by atoms with Gasteiger partial charge in [0.15, 0.2) is 5.96 Å². The van der Waals surface area contributed by atoms with Gasteiger partial charge in [0.25, 0.3) is 0 Å². The molecule has 1 aliphatic heterocycles. The molecule has 1 N–H and O–H groups in total. The van der Waals surface area contributed by atoms with Gasteiger partial charge in [-0.3, -0.25) is 4.99 Å². The van der Waals surface area contributed by atoms with Crippen LogP contribution in [-0.2, 0) is 0 Å². The average Bonchev–Trinajstić information content (AvgIpc) is 2.76. The number of benzene rings is 2. The van der Waals surface area contributed by atoms with E-state index < -0.39 is 0 Å². The molecule has 0 saturated heterocycles. The summed E-state index contributed by atoms with van der Waals surface area (Å²) in [4.78, 5) is 6.59. The normalized spacial score (nSPS) is 15.1. The van der Waals surface area contributed by atoms with E-state index in [1.807, 2.05) is 0 Å². The SMILES string of the molecule is CN1CCN=C1Nc1cccc2ccccc12. The van der Waals surface area contributed by atoms with Crippen LogP contribution >= 0.6 is 0 Å². The van der Waals surface area contributed by atoms with Gasteiger partial charge in [0.05, 0.1) is 6.54 Å². The van der Waals surface area contributed by atoms with Crippen molar-refractivity contribution < 1.29 is 0 Å². The zero-order chi connectivity index (χ0) is 11.7. The van der Waals surface area contributed by atoms with Gasteiger partial charge in [-0.15, -0.1) is 0 Å². The summed E-state index contributed by atoms with van der Waals surface area (Å²) in [7, 11) is 2.06. The molecule has 0 amide bonds. The Labute approximate surface area is 101 Å². The highest BCUT2D eigenvalue weighted by Crippen LogP contribution is 2.23. The Hall–Kier alpha value is -2.03. The monoisotopic (exact) mass is 225 g/mol. The highest BCUT2D eigenvalue weighted by Gasteiger charge is 2.12. The first kappa shape index (κ1) is 10.1. The first-order valence-corrected chi connectivity index (χ1v) is 5.85. The van der Waals surface area contributed by atoms with Crippen molar-refractivity contribution in [3.63, 3.8) is 0 Å². The van der Waals surface area contributed by atoms with Crippen LogP contribution in [0, 0.1) is 0 Å². The van der Waals surface area contributed by atoms with Gasteiger partial charge in [-0.2, -0.15) is 0 Å². The third-order valence-electron chi connectivity index (χ3n) is 3.09. The van der Waals surface area contributed by atoms with Crippen LogP contribution in [-0.4, -0.2) is 31.0 Å². The number of rotatable bonds is 1. The molecule has 2 aromatic rings. The maximum Gasteiger partial charge on any atom is 0.198 e. The van der Waals surface area contributed by atoms with Crippen LogP contribution < -0.4 is 5.32 Å². The number of aliphatic imine (C=N–C) groups is 1. The molecule has 1 aliphatic rings. The largest absolute Gasteiger partial charge is 0.344 e. The molecule has 0 aliphatic carbocycles. The van der Waals surface area contributed by atoms with E-state index in [0.717, 1.165) is 24.7 Å². The quantitative estimate of drug-likeness (QED) is 0.807. The zero-order valence-electron chi connectivity index (χ0n) is 9.85. The topological polar surface area (TPSA) is 27.6 Å². The van der Waals surface area contributed by atoms with Crippen LogP contribution in [0.1, 0.15) is 0 Å². The summed E-state index contributed by atoms with van der Waals surface area (Å²) in [5.41, 5.74) is 1.12. The van der Waals surface area contributed by atoms with Crippen LogP contribution in [0.2, 0.25) is 0 Å². The fourth-order valence-corrected chi connectivity index (χ4v) is 2.12. The van der Waals surface area contributed by atoms with Gasteiger partial charge < -0.3 is 10.2 Å². The van der Waals surface area contributed by atoms with Gasteiger partial charge in [-0.1, -0.05) is 36.4 Å². The van der Waals surface area contributed by atoms with Crippen molar-refractivity contribution in [2.24, 2.45) is 4.99 Å². The molecule has 0 atom stereocenters. The molecule has 0 radical (unpaired) electrons. The Morgan fingerprint density at radius 1 is 1.12 bits per heavy atom. The Bertz CT molecular complexity index is 569. The molecule has 0 bridgehead atoms. The lowest BCUT2D eigenvalue weighted by atomic mass is 10.1. The fourth-order valence-electron chi connectivity index (χ4n) is 2.12. The number of likely N-dealkylation sites (N-methyl/N-ethyl adjacent to an activating group) is 1. The predicted molar refractivity (Wildman–Crippen MR) is 72.5 cm³/mol. The van der Waals surface area contributed by atoms with E-state index in [1.165, 1.54) is 10.8 Å². The van der Waals surface area contributed by atoms with Crippen molar-refractivity contribution in [1.29, 1.82) is 0 Å². The summed E-state index contributed by atoms with van der Waals surface area (Å²) < 4.78 is 0. The van der Waals surface area contributed by atoms with Crippen molar-refractivity contribution in [2.45, 2.75) is 0 Å². The van der Waals surface area contributed by atoms with E-state index in [4.69, 9.17) is 0 Å². The first-order valence-electron chi connectivity index (χ1n) is 5.85. The van der Waals surface area contributed by atoms with E-state index in [-0.39, 0.29) is 0 Å². The van der Waals surface area contributed by atoms with Gasteiger partial charge in [0.2, 0.25) is 0 Å². The zero-order valence-corrected chi connectivity index (χ0v) is 9.85. The highest BCUT2D eigenvalue weighted by atomic mass is 15.3. The maximum absolute atomic E-state index is 4.45. The molecule has 3 rings (SSSR count). The van der Waals surface area contributed by atoms with Gasteiger partial charge in [0, 0.05) is 24.7 Å². The average molecular weight is 225 g/mol. The lowest BCUT2D eigenvalue weighted by Crippen LogP contribution is -2.29. The Morgan fingerprint density at radius 2 is 1.94 bits per heavy atom. The molecule has 0 unspecified atom stereocenters. The molecule has 0 aromatic heterocycles. The van der Waals surface area contributed by atoms with E-state index >= 15 is 0 Å². The van der Waals surface area contributed by atoms with E-state index in [1.54, 1.807) is 0 Å². The summed E-state index contributed by atoms with van der Waals surface area (Å²) in [5.74, 6) is 0.960. The predicted octanol–water partition coefficient (Wildman–Crippen LogP) is 2.55. The number of guanidine groups is 1. The Balaban J connectivity index is 2.00. The first-order chi connectivity index (χ1) is 8.34. The van der Waals surface area contributed by atoms with Gasteiger partial charge in [-0.25, -0.2) is 0 Å². The summed E-state index contributed by atoms with van der Waals surface area (Å²) >= 11 is 0. The number of fused-ring (bicyclic) bond motifs is 1. The third-order valence-corrected chi connectivity index (χ3v) is 3.09. The molecule has 17 heavy (non-hydrogen) atoms. The number of nitrogens with zero attached hydrogens (tertiary/aromatic N) is 2. The lowest BCUT2D eigenvalue weighted by molar-refractivity contribution is 0.555. The van der Waals surface area contributed by atoms with Crippen LogP contribution in [0.25, 0.3) is 10.8 Å². The van der Waals surface area contributed by atoms with Gasteiger partial charge in [0.1, 0.15) is 0 Å². The molecule has 2 aromatic carbocycles. The Morgan fingerprint density at radius 3 is 2.76 bits per heavy atom. The summed E-state index contributed by atoms with van der Waals surface area (Å²) in [6.07, 6.45) is 0. The molecular weight excluding hydrogens is 210 g/mol. The van der Waals surface area contributed by atoms with Crippen molar-refractivity contribution in [2.75, 3.05) is 25.5 Å². The smallest absolute Gasteiger partial charge is 0.198 e. The molecule has 86 valence electrons. The van der Waals surface area contributed by atoms with E-state index in [9.17, 15) is 0 Å². The van der Waals surface area contributed by atoms with E-state index in [2.05, 4.69) is 64.7 Å². The minimum atomic E-state index is 0.879. The molecule has 3 heteroatoms. The molecular formula is C14H15N3. The lowest BCUT2D eigenvalue weighted by Gasteiger charge is -2.16. The second-order valence-electron chi connectivity index (χ2n) is 4.28. The highest BCUT2D eigenvalue weighted by molar-refractivity contribution is 6.03. The third kappa shape index (κ3) is 1.84. The van der Waals surface area contributed by atoms with Crippen molar-refractivity contribution in [1.82, 2.24) is 4.90 Å². The van der Waals surface area contributed by atoms with Crippen LogP contribution in [0.5, 0.6) is 0 Å². The minimum absolute atomic E-state index is 0.879.